The van der Waals surface area contributed by atoms with E-state index in [1.807, 2.05) is 24.3 Å². The van der Waals surface area contributed by atoms with Gasteiger partial charge in [0, 0.05) is 17.3 Å². The Hall–Kier alpha value is -2.56. The predicted molar refractivity (Wildman–Crippen MR) is 75.9 cm³/mol. The predicted octanol–water partition coefficient (Wildman–Crippen LogP) is 2.38. The number of allylic oxidation sites excluding steroid dienone is 1. The van der Waals surface area contributed by atoms with Crippen molar-refractivity contribution in [3.05, 3.63) is 41.2 Å². The van der Waals surface area contributed by atoms with Crippen molar-refractivity contribution in [1.82, 2.24) is 0 Å². The molecule has 1 heterocycles. The Bertz CT molecular complexity index is 658. The summed E-state index contributed by atoms with van der Waals surface area (Å²) in [7, 11) is 3.05. The minimum absolute atomic E-state index is 0.00930. The second kappa shape index (κ2) is 4.52. The number of anilines is 1. The molecule has 0 saturated heterocycles. The summed E-state index contributed by atoms with van der Waals surface area (Å²) in [5, 5.41) is 23.2. The maximum Gasteiger partial charge on any atom is 0.201 e. The fourth-order valence-electron chi connectivity index (χ4n) is 2.40. The average molecular weight is 273 g/mol. The number of fused-ring (bicyclic) bond motifs is 2. The van der Waals surface area contributed by atoms with Crippen LogP contribution in [-0.4, -0.2) is 30.5 Å². The molecule has 5 nitrogen and oxygen atoms in total. The van der Waals surface area contributed by atoms with E-state index in [0.717, 1.165) is 11.3 Å². The zero-order chi connectivity index (χ0) is 14.3. The highest BCUT2D eigenvalue weighted by Crippen LogP contribution is 2.46. The molecule has 1 aromatic rings. The van der Waals surface area contributed by atoms with E-state index in [2.05, 4.69) is 5.32 Å². The van der Waals surface area contributed by atoms with Gasteiger partial charge >= 0.3 is 0 Å². The first-order valence-electron chi connectivity index (χ1n) is 6.19. The Morgan fingerprint density at radius 3 is 2.60 bits per heavy atom. The van der Waals surface area contributed by atoms with E-state index >= 15 is 0 Å². The average Bonchev–Trinajstić information content (AvgIpc) is 2.48. The number of rotatable bonds is 2. The van der Waals surface area contributed by atoms with Crippen LogP contribution in [0.5, 0.6) is 17.2 Å². The first-order valence-corrected chi connectivity index (χ1v) is 6.19. The molecule has 0 bridgehead atoms. The minimum atomic E-state index is -0.259. The number of phenolic OH excluding ortho intramolecular Hbond substituents is 2. The molecule has 0 amide bonds. The molecule has 1 atom stereocenters. The largest absolute Gasteiger partial charge is 0.504 e. The van der Waals surface area contributed by atoms with Crippen LogP contribution in [0.2, 0.25) is 0 Å². The summed E-state index contributed by atoms with van der Waals surface area (Å²) < 4.78 is 10.2. The summed E-state index contributed by atoms with van der Waals surface area (Å²) in [5.74, 6) is 0.527. The van der Waals surface area contributed by atoms with Crippen LogP contribution in [0.4, 0.5) is 5.69 Å². The van der Waals surface area contributed by atoms with Gasteiger partial charge in [-0.1, -0.05) is 6.08 Å². The van der Waals surface area contributed by atoms with Crippen LogP contribution in [0.25, 0.3) is 6.08 Å². The highest BCUT2D eigenvalue weighted by atomic mass is 16.5. The van der Waals surface area contributed by atoms with Crippen molar-refractivity contribution in [2.75, 3.05) is 19.5 Å². The van der Waals surface area contributed by atoms with E-state index < -0.39 is 0 Å². The summed E-state index contributed by atoms with van der Waals surface area (Å²) in [6, 6.07) is 1.68. The van der Waals surface area contributed by atoms with E-state index in [4.69, 9.17) is 9.47 Å². The molecule has 104 valence electrons. The summed E-state index contributed by atoms with van der Waals surface area (Å²) in [5.41, 5.74) is 2.21. The number of aromatic hydroxyl groups is 2. The standard InChI is InChI=1S/C15H15NO4/c1-19-9-3-4-11-8(5-9)6-10-12(16-11)7-13(20-2)15(18)14(10)17/h3-7,11,16-18H,1-2H3. The lowest BCUT2D eigenvalue weighted by atomic mass is 9.93. The molecule has 1 unspecified atom stereocenters. The van der Waals surface area contributed by atoms with Crippen molar-refractivity contribution in [1.29, 1.82) is 0 Å². The molecule has 1 aliphatic heterocycles. The molecule has 1 aliphatic carbocycles. The second-order valence-corrected chi connectivity index (χ2v) is 4.61. The molecule has 0 aromatic heterocycles. The summed E-state index contributed by atoms with van der Waals surface area (Å²) in [6.45, 7) is 0. The first kappa shape index (κ1) is 12.5. The normalized spacial score (nSPS) is 19.2. The lowest BCUT2D eigenvalue weighted by molar-refractivity contribution is 0.305. The Labute approximate surface area is 116 Å². The summed E-state index contributed by atoms with van der Waals surface area (Å²) in [6.07, 6.45) is 7.58. The van der Waals surface area contributed by atoms with Crippen LogP contribution < -0.4 is 10.1 Å². The van der Waals surface area contributed by atoms with Gasteiger partial charge in [0.05, 0.1) is 20.3 Å². The van der Waals surface area contributed by atoms with Crippen LogP contribution in [0.3, 0.4) is 0 Å². The van der Waals surface area contributed by atoms with Crippen LogP contribution in [0, 0.1) is 0 Å². The topological polar surface area (TPSA) is 71.0 Å². The van der Waals surface area contributed by atoms with Crippen LogP contribution in [0.15, 0.2) is 35.6 Å². The smallest absolute Gasteiger partial charge is 0.201 e. The highest BCUT2D eigenvalue weighted by Gasteiger charge is 2.25. The van der Waals surface area contributed by atoms with Crippen molar-refractivity contribution in [3.63, 3.8) is 0 Å². The first-order chi connectivity index (χ1) is 9.63. The van der Waals surface area contributed by atoms with Gasteiger partial charge in [-0.25, -0.2) is 0 Å². The second-order valence-electron chi connectivity index (χ2n) is 4.61. The molecular weight excluding hydrogens is 258 g/mol. The molecule has 5 heteroatoms. The van der Waals surface area contributed by atoms with E-state index in [0.29, 0.717) is 11.3 Å². The van der Waals surface area contributed by atoms with Gasteiger partial charge in [0.1, 0.15) is 5.76 Å². The van der Waals surface area contributed by atoms with Gasteiger partial charge in [-0.2, -0.15) is 0 Å². The third-order valence-electron chi connectivity index (χ3n) is 3.48. The molecule has 3 rings (SSSR count). The van der Waals surface area contributed by atoms with Crippen LogP contribution >= 0.6 is 0 Å². The van der Waals surface area contributed by atoms with E-state index in [1.165, 1.54) is 7.11 Å². The molecule has 0 saturated carbocycles. The van der Waals surface area contributed by atoms with E-state index in [1.54, 1.807) is 13.2 Å². The number of hydrogen-bond acceptors (Lipinski definition) is 5. The van der Waals surface area contributed by atoms with Crippen molar-refractivity contribution < 1.29 is 19.7 Å². The molecule has 0 fully saturated rings. The van der Waals surface area contributed by atoms with E-state index in [-0.39, 0.29) is 23.3 Å². The highest BCUT2D eigenvalue weighted by molar-refractivity contribution is 5.84. The molecule has 2 aliphatic rings. The van der Waals surface area contributed by atoms with Gasteiger partial charge in [-0.05, 0) is 23.8 Å². The van der Waals surface area contributed by atoms with Gasteiger partial charge in [0.25, 0.3) is 0 Å². The van der Waals surface area contributed by atoms with Crippen LogP contribution in [-0.2, 0) is 4.74 Å². The Kier molecular flexibility index (Phi) is 2.82. The zero-order valence-corrected chi connectivity index (χ0v) is 11.2. The van der Waals surface area contributed by atoms with Crippen LogP contribution in [0.1, 0.15) is 5.56 Å². The molecule has 0 spiro atoms. The zero-order valence-electron chi connectivity index (χ0n) is 11.2. The fraction of sp³-hybridized carbons (Fsp3) is 0.200. The lowest BCUT2D eigenvalue weighted by Gasteiger charge is -2.28. The minimum Gasteiger partial charge on any atom is -0.504 e. The number of ether oxygens (including phenoxy) is 2. The third-order valence-corrected chi connectivity index (χ3v) is 3.48. The maximum absolute atomic E-state index is 10.1. The van der Waals surface area contributed by atoms with Gasteiger partial charge in [0.2, 0.25) is 5.75 Å². The molecule has 3 N–H and O–H groups in total. The lowest BCUT2D eigenvalue weighted by Crippen LogP contribution is -2.24. The van der Waals surface area contributed by atoms with Crippen molar-refractivity contribution in [2.24, 2.45) is 0 Å². The molecule has 0 radical (unpaired) electrons. The van der Waals surface area contributed by atoms with Gasteiger partial charge < -0.3 is 25.0 Å². The summed E-state index contributed by atoms with van der Waals surface area (Å²) in [4.78, 5) is 0. The van der Waals surface area contributed by atoms with Crippen molar-refractivity contribution in [3.8, 4) is 17.2 Å². The number of hydrogen-bond donors (Lipinski definition) is 3. The van der Waals surface area contributed by atoms with Gasteiger partial charge in [-0.3, -0.25) is 0 Å². The Morgan fingerprint density at radius 1 is 1.10 bits per heavy atom. The number of benzene rings is 1. The monoisotopic (exact) mass is 273 g/mol. The Morgan fingerprint density at radius 2 is 1.90 bits per heavy atom. The SMILES string of the molecule is COC1=CC2=Cc3c(cc(OC)c(O)c3O)NC2C=C1. The maximum atomic E-state index is 10.1. The van der Waals surface area contributed by atoms with E-state index in [9.17, 15) is 10.2 Å². The number of nitrogens with one attached hydrogen (secondary N) is 1. The molecule has 1 aromatic carbocycles. The molecule has 20 heavy (non-hydrogen) atoms. The van der Waals surface area contributed by atoms with Gasteiger partial charge in [0.15, 0.2) is 11.5 Å². The third kappa shape index (κ3) is 1.79. The number of methoxy groups -OCH3 is 2. The molecular formula is C15H15NO4. The quantitative estimate of drug-likeness (QED) is 0.570. The summed E-state index contributed by atoms with van der Waals surface area (Å²) >= 11 is 0. The fourth-order valence-corrected chi connectivity index (χ4v) is 2.40. The van der Waals surface area contributed by atoms with Crippen molar-refractivity contribution in [2.45, 2.75) is 6.04 Å². The van der Waals surface area contributed by atoms with Gasteiger partial charge in [-0.15, -0.1) is 0 Å². The number of phenols is 2. The van der Waals surface area contributed by atoms with Crippen molar-refractivity contribution >= 4 is 11.8 Å². The Balaban J connectivity index is 2.13.